The van der Waals surface area contributed by atoms with Crippen molar-refractivity contribution in [1.29, 1.82) is 0 Å². The van der Waals surface area contributed by atoms with Crippen molar-refractivity contribution in [2.75, 3.05) is 25.5 Å². The van der Waals surface area contributed by atoms with Crippen LogP contribution in [0.1, 0.15) is 22.0 Å². The lowest BCUT2D eigenvalue weighted by atomic mass is 9.88. The molecule has 2 aromatic carbocycles. The largest absolute Gasteiger partial charge is 0.469 e. The van der Waals surface area contributed by atoms with Crippen LogP contribution < -0.4 is 10.6 Å². The van der Waals surface area contributed by atoms with Crippen LogP contribution in [0, 0.1) is 5.92 Å². The summed E-state index contributed by atoms with van der Waals surface area (Å²) in [5.41, 5.74) is 2.96. The summed E-state index contributed by atoms with van der Waals surface area (Å²) < 4.78 is 4.95. The second kappa shape index (κ2) is 8.55. The third kappa shape index (κ3) is 4.06. The fraction of sp³-hybridized carbons (Fsp3) is 0.227. The van der Waals surface area contributed by atoms with E-state index in [9.17, 15) is 9.59 Å². The molecule has 148 valence electrons. The summed E-state index contributed by atoms with van der Waals surface area (Å²) in [5.74, 6) is -0.846. The molecule has 0 radical (unpaired) electrons. The van der Waals surface area contributed by atoms with E-state index in [4.69, 9.17) is 4.74 Å². The van der Waals surface area contributed by atoms with Gasteiger partial charge in [-0.2, -0.15) is 0 Å². The van der Waals surface area contributed by atoms with Crippen LogP contribution in [0.25, 0.3) is 10.6 Å². The van der Waals surface area contributed by atoms with Crippen molar-refractivity contribution in [1.82, 2.24) is 10.3 Å². The van der Waals surface area contributed by atoms with Crippen LogP contribution in [-0.4, -0.2) is 37.1 Å². The molecule has 1 saturated heterocycles. The molecular weight excluding hydrogens is 386 g/mol. The zero-order chi connectivity index (χ0) is 20.2. The molecule has 1 aliphatic rings. The number of esters is 1. The molecule has 0 saturated carbocycles. The van der Waals surface area contributed by atoms with Gasteiger partial charge >= 0.3 is 5.97 Å². The fourth-order valence-corrected chi connectivity index (χ4v) is 4.42. The van der Waals surface area contributed by atoms with Crippen LogP contribution in [0.2, 0.25) is 0 Å². The minimum Gasteiger partial charge on any atom is -0.469 e. The van der Waals surface area contributed by atoms with Gasteiger partial charge < -0.3 is 15.4 Å². The summed E-state index contributed by atoms with van der Waals surface area (Å²) in [6, 6.07) is 17.3. The van der Waals surface area contributed by atoms with Gasteiger partial charge in [-0.05, 0) is 11.6 Å². The monoisotopic (exact) mass is 407 g/mol. The Morgan fingerprint density at radius 1 is 1.10 bits per heavy atom. The lowest BCUT2D eigenvalue weighted by molar-refractivity contribution is -0.145. The standard InChI is InChI=1S/C22H21N3O3S/c1-28-22(27)17-12-23-11-16(17)15-9-5-6-10-18(15)24-20(26)19-13-29-21(25-19)14-7-3-2-4-8-14/h2-10,13,16-17,23H,11-12H2,1H3,(H,24,26)/t16-,17+/m1/s1. The van der Waals surface area contributed by atoms with Crippen LogP contribution in [0.3, 0.4) is 0 Å². The number of hydrogen-bond acceptors (Lipinski definition) is 6. The van der Waals surface area contributed by atoms with Crippen LogP contribution in [-0.2, 0) is 9.53 Å². The van der Waals surface area contributed by atoms with Gasteiger partial charge in [-0.3, -0.25) is 9.59 Å². The molecule has 1 fully saturated rings. The van der Waals surface area contributed by atoms with Crippen LogP contribution in [0.5, 0.6) is 0 Å². The molecule has 1 aliphatic heterocycles. The van der Waals surface area contributed by atoms with Gasteiger partial charge in [-0.15, -0.1) is 11.3 Å². The normalized spacial score (nSPS) is 18.4. The van der Waals surface area contributed by atoms with Crippen molar-refractivity contribution in [3.05, 3.63) is 71.2 Å². The summed E-state index contributed by atoms with van der Waals surface area (Å²) in [4.78, 5) is 29.4. The maximum Gasteiger partial charge on any atom is 0.310 e. The molecule has 7 heteroatoms. The maximum absolute atomic E-state index is 12.8. The average molecular weight is 407 g/mol. The quantitative estimate of drug-likeness (QED) is 0.633. The molecule has 0 aliphatic carbocycles. The number of methoxy groups -OCH3 is 1. The van der Waals surface area contributed by atoms with Crippen LogP contribution in [0.4, 0.5) is 5.69 Å². The predicted molar refractivity (Wildman–Crippen MR) is 113 cm³/mol. The Balaban J connectivity index is 1.55. The highest BCUT2D eigenvalue weighted by Gasteiger charge is 2.36. The van der Waals surface area contributed by atoms with E-state index >= 15 is 0 Å². The lowest BCUT2D eigenvalue weighted by Gasteiger charge is -2.20. The third-order valence-electron chi connectivity index (χ3n) is 5.08. The van der Waals surface area contributed by atoms with E-state index in [1.54, 1.807) is 5.38 Å². The number of anilines is 1. The van der Waals surface area contributed by atoms with Gasteiger partial charge in [-0.1, -0.05) is 48.5 Å². The van der Waals surface area contributed by atoms with Gasteiger partial charge in [0, 0.05) is 35.6 Å². The van der Waals surface area contributed by atoms with E-state index in [2.05, 4.69) is 15.6 Å². The Morgan fingerprint density at radius 3 is 2.66 bits per heavy atom. The van der Waals surface area contributed by atoms with Crippen molar-refractivity contribution >= 4 is 28.9 Å². The van der Waals surface area contributed by atoms with Gasteiger partial charge in [0.2, 0.25) is 0 Å². The summed E-state index contributed by atoms with van der Waals surface area (Å²) >= 11 is 1.44. The highest BCUT2D eigenvalue weighted by Crippen LogP contribution is 2.34. The van der Waals surface area contributed by atoms with E-state index in [1.165, 1.54) is 18.4 Å². The molecule has 3 aromatic rings. The number of hydrogen-bond donors (Lipinski definition) is 2. The van der Waals surface area contributed by atoms with E-state index < -0.39 is 0 Å². The Bertz CT molecular complexity index is 1020. The first-order valence-corrected chi connectivity index (χ1v) is 10.2. The number of nitrogens with one attached hydrogen (secondary N) is 2. The van der Waals surface area contributed by atoms with Gasteiger partial charge in [0.05, 0.1) is 13.0 Å². The summed E-state index contributed by atoms with van der Waals surface area (Å²) in [5, 5.41) is 8.78. The maximum atomic E-state index is 12.8. The second-order valence-electron chi connectivity index (χ2n) is 6.84. The number of nitrogens with zero attached hydrogens (tertiary/aromatic N) is 1. The topological polar surface area (TPSA) is 80.3 Å². The molecule has 0 bridgehead atoms. The molecule has 4 rings (SSSR count). The lowest BCUT2D eigenvalue weighted by Crippen LogP contribution is -2.24. The smallest absolute Gasteiger partial charge is 0.310 e. The zero-order valence-electron chi connectivity index (χ0n) is 15.9. The number of amides is 1. The first kappa shape index (κ1) is 19.3. The van der Waals surface area contributed by atoms with E-state index in [-0.39, 0.29) is 23.7 Å². The number of benzene rings is 2. The Labute approximate surface area is 172 Å². The molecule has 2 N–H and O–H groups in total. The minimum atomic E-state index is -0.276. The first-order valence-electron chi connectivity index (χ1n) is 9.37. The van der Waals surface area contributed by atoms with Gasteiger partial charge in [0.1, 0.15) is 10.7 Å². The van der Waals surface area contributed by atoms with Crippen molar-refractivity contribution in [2.45, 2.75) is 5.92 Å². The van der Waals surface area contributed by atoms with Crippen molar-refractivity contribution in [3.8, 4) is 10.6 Å². The number of thiazole rings is 1. The number of carbonyl (C=O) groups is 2. The molecule has 6 nitrogen and oxygen atoms in total. The Kier molecular flexibility index (Phi) is 5.69. The number of aromatic nitrogens is 1. The molecule has 1 aromatic heterocycles. The number of para-hydroxylation sites is 1. The number of rotatable bonds is 5. The van der Waals surface area contributed by atoms with E-state index in [1.807, 2.05) is 54.6 Å². The molecule has 1 amide bonds. The van der Waals surface area contributed by atoms with Crippen LogP contribution in [0.15, 0.2) is 60.0 Å². The highest BCUT2D eigenvalue weighted by molar-refractivity contribution is 7.13. The second-order valence-corrected chi connectivity index (χ2v) is 7.70. The molecule has 0 unspecified atom stereocenters. The van der Waals surface area contributed by atoms with E-state index in [0.29, 0.717) is 24.5 Å². The molecule has 0 spiro atoms. The Hall–Kier alpha value is -3.03. The first-order chi connectivity index (χ1) is 14.2. The highest BCUT2D eigenvalue weighted by atomic mass is 32.1. The molecule has 2 heterocycles. The van der Waals surface area contributed by atoms with Gasteiger partial charge in [0.15, 0.2) is 0 Å². The van der Waals surface area contributed by atoms with Crippen molar-refractivity contribution in [2.24, 2.45) is 5.92 Å². The summed E-state index contributed by atoms with van der Waals surface area (Å²) in [6.45, 7) is 1.22. The average Bonchev–Trinajstić information content (AvgIpc) is 3.44. The zero-order valence-corrected chi connectivity index (χ0v) is 16.7. The number of ether oxygens (including phenoxy) is 1. The van der Waals surface area contributed by atoms with Gasteiger partial charge in [0.25, 0.3) is 5.91 Å². The molecule has 2 atom stereocenters. The van der Waals surface area contributed by atoms with Crippen LogP contribution >= 0.6 is 11.3 Å². The summed E-state index contributed by atoms with van der Waals surface area (Å²) in [6.07, 6.45) is 0. The third-order valence-corrected chi connectivity index (χ3v) is 5.98. The van der Waals surface area contributed by atoms with Gasteiger partial charge in [-0.25, -0.2) is 4.98 Å². The van der Waals surface area contributed by atoms with E-state index in [0.717, 1.165) is 16.1 Å². The predicted octanol–water partition coefficient (Wildman–Crippen LogP) is 3.54. The summed E-state index contributed by atoms with van der Waals surface area (Å²) in [7, 11) is 1.40. The minimum absolute atomic E-state index is 0.0609. The fourth-order valence-electron chi connectivity index (χ4n) is 3.62. The van der Waals surface area contributed by atoms with Crippen molar-refractivity contribution < 1.29 is 14.3 Å². The molecular formula is C22H21N3O3S. The van der Waals surface area contributed by atoms with Crippen molar-refractivity contribution in [3.63, 3.8) is 0 Å². The Morgan fingerprint density at radius 2 is 1.86 bits per heavy atom. The number of carbonyl (C=O) groups excluding carboxylic acids is 2. The molecule has 29 heavy (non-hydrogen) atoms. The SMILES string of the molecule is COC(=O)[C@H]1CNC[C@@H]1c1ccccc1NC(=O)c1csc(-c2ccccc2)n1.